The molecule has 0 spiro atoms. The van der Waals surface area contributed by atoms with Gasteiger partial charge >= 0.3 is 0 Å². The van der Waals surface area contributed by atoms with E-state index in [2.05, 4.69) is 10.3 Å². The molecule has 0 radical (unpaired) electrons. The van der Waals surface area contributed by atoms with Crippen LogP contribution in [0, 0.1) is 0 Å². The van der Waals surface area contributed by atoms with Gasteiger partial charge in [-0.3, -0.25) is 9.69 Å². The molecule has 6 heteroatoms. The maximum absolute atomic E-state index is 11.0. The molecule has 1 aromatic heterocycles. The third-order valence-corrected chi connectivity index (χ3v) is 2.50. The Balaban J connectivity index is 2.41. The predicted octanol–water partition coefficient (Wildman–Crippen LogP) is -0.0969. The molecule has 14 heavy (non-hydrogen) atoms. The van der Waals surface area contributed by atoms with Crippen molar-refractivity contribution in [1.29, 1.82) is 0 Å². The lowest BCUT2D eigenvalue weighted by Gasteiger charge is -2.13. The third-order valence-electron chi connectivity index (χ3n) is 1.69. The number of amides is 1. The van der Waals surface area contributed by atoms with E-state index in [1.165, 1.54) is 11.3 Å². The Kier molecular flexibility index (Phi) is 3.84. The van der Waals surface area contributed by atoms with Crippen LogP contribution >= 0.6 is 11.3 Å². The molecule has 3 N–H and O–H groups in total. The zero-order chi connectivity index (χ0) is 10.6. The van der Waals surface area contributed by atoms with E-state index in [0.29, 0.717) is 18.2 Å². The largest absolute Gasteiger partial charge is 0.375 e. The monoisotopic (exact) mass is 214 g/mol. The first kappa shape index (κ1) is 10.9. The molecule has 0 saturated heterocycles. The lowest BCUT2D eigenvalue weighted by Crippen LogP contribution is -2.32. The Labute approximate surface area is 86.9 Å². The highest BCUT2D eigenvalue weighted by Gasteiger charge is 2.06. The van der Waals surface area contributed by atoms with Crippen LogP contribution in [0.4, 0.5) is 5.13 Å². The number of rotatable bonds is 4. The summed E-state index contributed by atoms with van der Waals surface area (Å²) in [6.07, 6.45) is 1.74. The normalized spacial score (nSPS) is 10.5. The minimum Gasteiger partial charge on any atom is -0.375 e. The Morgan fingerprint density at radius 3 is 3.00 bits per heavy atom. The van der Waals surface area contributed by atoms with Crippen LogP contribution in [0.15, 0.2) is 6.20 Å². The second-order valence-corrected chi connectivity index (χ2v) is 4.16. The molecule has 0 saturated carbocycles. The van der Waals surface area contributed by atoms with Crippen molar-refractivity contribution in [2.75, 3.05) is 26.4 Å². The second-order valence-electron chi connectivity index (χ2n) is 3.01. The lowest BCUT2D eigenvalue weighted by atomic mass is 10.4. The molecule has 1 rings (SSSR count). The van der Waals surface area contributed by atoms with Crippen LogP contribution in [0.5, 0.6) is 0 Å². The minimum atomic E-state index is 0.00462. The number of nitrogens with two attached hydrogens (primary N) is 1. The van der Waals surface area contributed by atoms with Gasteiger partial charge in [-0.25, -0.2) is 4.98 Å². The Bertz CT molecular complexity index is 312. The lowest BCUT2D eigenvalue weighted by molar-refractivity contribution is -0.121. The van der Waals surface area contributed by atoms with E-state index in [0.717, 1.165) is 4.88 Å². The highest BCUT2D eigenvalue weighted by molar-refractivity contribution is 7.15. The van der Waals surface area contributed by atoms with Gasteiger partial charge in [-0.1, -0.05) is 0 Å². The number of carbonyl (C=O) groups is 1. The molecule has 0 aliphatic carbocycles. The Morgan fingerprint density at radius 2 is 2.50 bits per heavy atom. The van der Waals surface area contributed by atoms with Crippen molar-refractivity contribution in [3.63, 3.8) is 0 Å². The van der Waals surface area contributed by atoms with Gasteiger partial charge in [0.05, 0.1) is 6.54 Å². The molecule has 78 valence electrons. The van der Waals surface area contributed by atoms with Crippen LogP contribution < -0.4 is 11.1 Å². The molecule has 5 nitrogen and oxygen atoms in total. The number of aromatic nitrogens is 1. The van der Waals surface area contributed by atoms with Crippen LogP contribution in [0.1, 0.15) is 4.88 Å². The van der Waals surface area contributed by atoms with Crippen LogP contribution in [0.25, 0.3) is 0 Å². The Morgan fingerprint density at radius 1 is 1.79 bits per heavy atom. The van der Waals surface area contributed by atoms with Gasteiger partial charge in [-0.2, -0.15) is 0 Å². The van der Waals surface area contributed by atoms with Crippen molar-refractivity contribution in [3.05, 3.63) is 11.1 Å². The van der Waals surface area contributed by atoms with Crippen molar-refractivity contribution in [2.24, 2.45) is 0 Å². The number of nitrogens with zero attached hydrogens (tertiary/aromatic N) is 2. The van der Waals surface area contributed by atoms with Crippen LogP contribution in [-0.2, 0) is 11.3 Å². The fourth-order valence-electron chi connectivity index (χ4n) is 1.04. The van der Waals surface area contributed by atoms with E-state index in [-0.39, 0.29) is 5.91 Å². The van der Waals surface area contributed by atoms with E-state index >= 15 is 0 Å². The number of carbonyl (C=O) groups excluding carboxylic acids is 1. The van der Waals surface area contributed by atoms with Gasteiger partial charge in [-0.05, 0) is 7.05 Å². The fourth-order valence-corrected chi connectivity index (χ4v) is 1.81. The fraction of sp³-hybridized carbons (Fsp3) is 0.500. The smallest absolute Gasteiger partial charge is 0.233 e. The SMILES string of the molecule is CNC(=O)CN(C)Cc1cnc(N)s1. The first-order valence-corrected chi connectivity index (χ1v) is 5.02. The predicted molar refractivity (Wildman–Crippen MR) is 56.9 cm³/mol. The average Bonchev–Trinajstić information content (AvgIpc) is 2.50. The van der Waals surface area contributed by atoms with Crippen LogP contribution in [0.3, 0.4) is 0 Å². The molecule has 1 aromatic rings. The number of nitrogens with one attached hydrogen (secondary N) is 1. The van der Waals surface area contributed by atoms with E-state index in [1.54, 1.807) is 13.2 Å². The quantitative estimate of drug-likeness (QED) is 0.734. The molecule has 0 aliphatic heterocycles. The van der Waals surface area contributed by atoms with E-state index < -0.39 is 0 Å². The van der Waals surface area contributed by atoms with Gasteiger partial charge in [0.25, 0.3) is 0 Å². The van der Waals surface area contributed by atoms with Gasteiger partial charge in [0, 0.05) is 24.7 Å². The highest BCUT2D eigenvalue weighted by atomic mass is 32.1. The van der Waals surface area contributed by atoms with Crippen LogP contribution in [0.2, 0.25) is 0 Å². The summed E-state index contributed by atoms with van der Waals surface area (Å²) in [5.41, 5.74) is 5.49. The summed E-state index contributed by atoms with van der Waals surface area (Å²) in [7, 11) is 3.51. The number of thiazole rings is 1. The summed E-state index contributed by atoms with van der Waals surface area (Å²) in [6.45, 7) is 1.08. The number of likely N-dealkylation sites (N-methyl/N-ethyl adjacent to an activating group) is 2. The summed E-state index contributed by atoms with van der Waals surface area (Å²) in [4.78, 5) is 17.9. The van der Waals surface area contributed by atoms with Crippen molar-refractivity contribution >= 4 is 22.4 Å². The van der Waals surface area contributed by atoms with Crippen molar-refractivity contribution in [2.45, 2.75) is 6.54 Å². The van der Waals surface area contributed by atoms with E-state index in [1.807, 2.05) is 11.9 Å². The third kappa shape index (κ3) is 3.31. The molecule has 0 bridgehead atoms. The maximum atomic E-state index is 11.0. The second kappa shape index (κ2) is 4.92. The number of nitrogen functional groups attached to an aromatic ring is 1. The summed E-state index contributed by atoms with van der Waals surface area (Å²) >= 11 is 1.44. The first-order valence-electron chi connectivity index (χ1n) is 4.21. The van der Waals surface area contributed by atoms with Gasteiger partial charge in [0.2, 0.25) is 5.91 Å². The summed E-state index contributed by atoms with van der Waals surface area (Å²) in [5.74, 6) is 0.00462. The molecule has 0 aromatic carbocycles. The molecular weight excluding hydrogens is 200 g/mol. The standard InChI is InChI=1S/C8H14N4OS/c1-10-7(13)5-12(2)4-6-3-11-8(9)14-6/h3H,4-5H2,1-2H3,(H2,9,11)(H,10,13). The summed E-state index contributed by atoms with van der Waals surface area (Å²) < 4.78 is 0. The van der Waals surface area contributed by atoms with Gasteiger partial charge in [0.1, 0.15) is 0 Å². The number of anilines is 1. The molecule has 1 heterocycles. The molecular formula is C8H14N4OS. The zero-order valence-electron chi connectivity index (χ0n) is 8.28. The van der Waals surface area contributed by atoms with Crippen LogP contribution in [-0.4, -0.2) is 36.4 Å². The summed E-state index contributed by atoms with van der Waals surface area (Å²) in [5, 5.41) is 3.13. The molecule has 0 fully saturated rings. The zero-order valence-corrected chi connectivity index (χ0v) is 9.10. The van der Waals surface area contributed by atoms with Crippen molar-refractivity contribution in [3.8, 4) is 0 Å². The van der Waals surface area contributed by atoms with Gasteiger partial charge in [-0.15, -0.1) is 11.3 Å². The average molecular weight is 214 g/mol. The highest BCUT2D eigenvalue weighted by Crippen LogP contribution is 2.15. The topological polar surface area (TPSA) is 71.2 Å². The number of hydrogen-bond donors (Lipinski definition) is 2. The summed E-state index contributed by atoms with van der Waals surface area (Å²) in [6, 6.07) is 0. The minimum absolute atomic E-state index is 0.00462. The Hall–Kier alpha value is -1.14. The first-order chi connectivity index (χ1) is 6.61. The molecule has 0 atom stereocenters. The van der Waals surface area contributed by atoms with Crippen molar-refractivity contribution < 1.29 is 4.79 Å². The van der Waals surface area contributed by atoms with Gasteiger partial charge in [0.15, 0.2) is 5.13 Å². The molecule has 0 unspecified atom stereocenters. The molecule has 0 aliphatic rings. The van der Waals surface area contributed by atoms with E-state index in [4.69, 9.17) is 5.73 Å². The van der Waals surface area contributed by atoms with Gasteiger partial charge < -0.3 is 11.1 Å². The molecule has 1 amide bonds. The van der Waals surface area contributed by atoms with Crippen molar-refractivity contribution in [1.82, 2.24) is 15.2 Å². The maximum Gasteiger partial charge on any atom is 0.233 e. The van der Waals surface area contributed by atoms with E-state index in [9.17, 15) is 4.79 Å². The number of hydrogen-bond acceptors (Lipinski definition) is 5.